The lowest BCUT2D eigenvalue weighted by Gasteiger charge is -2.37. The maximum Gasteiger partial charge on any atom is 0.263 e. The second kappa shape index (κ2) is 6.54. The van der Waals surface area contributed by atoms with Crippen LogP contribution in [0.15, 0.2) is 46.7 Å². The molecule has 0 radical (unpaired) electrons. The van der Waals surface area contributed by atoms with Crippen molar-refractivity contribution in [2.24, 2.45) is 5.92 Å². The number of amides is 2. The molecule has 1 saturated heterocycles. The molecule has 2 heterocycles. The summed E-state index contributed by atoms with van der Waals surface area (Å²) in [5, 5.41) is 4.81. The zero-order chi connectivity index (χ0) is 15.5. The molecule has 0 unspecified atom stereocenters. The minimum absolute atomic E-state index is 0.0171. The molecule has 1 N–H and O–H groups in total. The quantitative estimate of drug-likeness (QED) is 0.875. The number of carbonyl (C=O) groups is 2. The van der Waals surface area contributed by atoms with Crippen LogP contribution in [-0.2, 0) is 4.79 Å². The Kier molecular flexibility index (Phi) is 4.49. The first-order chi connectivity index (χ1) is 10.7. The highest BCUT2D eigenvalue weighted by Gasteiger charge is 2.36. The van der Waals surface area contributed by atoms with E-state index in [2.05, 4.69) is 5.32 Å². The molecule has 1 aromatic carbocycles. The van der Waals surface area contributed by atoms with Gasteiger partial charge in [0, 0.05) is 23.7 Å². The normalized spacial score (nSPS) is 14.5. The van der Waals surface area contributed by atoms with Crippen LogP contribution in [0.25, 0.3) is 0 Å². The fraction of sp³-hybridized carbons (Fsp3) is 0.250. The maximum absolute atomic E-state index is 12.2. The van der Waals surface area contributed by atoms with E-state index in [4.69, 9.17) is 0 Å². The molecule has 0 aliphatic carbocycles. The summed E-state index contributed by atoms with van der Waals surface area (Å²) in [6, 6.07) is 11.4. The van der Waals surface area contributed by atoms with Gasteiger partial charge >= 0.3 is 0 Å². The number of likely N-dealkylation sites (tertiary alicyclic amines) is 1. The van der Waals surface area contributed by atoms with Crippen molar-refractivity contribution in [2.75, 3.05) is 24.7 Å². The average Bonchev–Trinajstić information content (AvgIpc) is 3.00. The first-order valence-electron chi connectivity index (χ1n) is 6.95. The maximum atomic E-state index is 12.2. The van der Waals surface area contributed by atoms with Crippen LogP contribution in [-0.4, -0.2) is 36.1 Å². The van der Waals surface area contributed by atoms with Gasteiger partial charge in [0.25, 0.3) is 5.91 Å². The van der Waals surface area contributed by atoms with E-state index in [0.29, 0.717) is 13.1 Å². The fourth-order valence-corrected chi connectivity index (χ4v) is 3.46. The second-order valence-corrected chi connectivity index (χ2v) is 6.93. The van der Waals surface area contributed by atoms with E-state index < -0.39 is 0 Å². The van der Waals surface area contributed by atoms with Crippen LogP contribution < -0.4 is 5.32 Å². The Morgan fingerprint density at radius 2 is 2.09 bits per heavy atom. The Hall–Kier alpha value is -1.79. The summed E-state index contributed by atoms with van der Waals surface area (Å²) in [6.07, 6.45) is 2.00. The van der Waals surface area contributed by atoms with Crippen LogP contribution >= 0.6 is 23.1 Å². The van der Waals surface area contributed by atoms with Crippen molar-refractivity contribution in [1.82, 2.24) is 4.90 Å². The predicted octanol–water partition coefficient (Wildman–Crippen LogP) is 3.18. The summed E-state index contributed by atoms with van der Waals surface area (Å²) in [4.78, 5) is 27.9. The van der Waals surface area contributed by atoms with E-state index in [-0.39, 0.29) is 17.7 Å². The first-order valence-corrected chi connectivity index (χ1v) is 9.05. The van der Waals surface area contributed by atoms with Crippen LogP contribution in [0, 0.1) is 5.92 Å². The summed E-state index contributed by atoms with van der Waals surface area (Å²) in [7, 11) is 0. The lowest BCUT2D eigenvalue weighted by Crippen LogP contribution is -2.54. The molecule has 1 aliphatic rings. The summed E-state index contributed by atoms with van der Waals surface area (Å²) in [6.45, 7) is 0.982. The Morgan fingerprint density at radius 3 is 2.77 bits per heavy atom. The van der Waals surface area contributed by atoms with Crippen LogP contribution in [0.3, 0.4) is 0 Å². The molecule has 3 rings (SSSR count). The Balaban J connectivity index is 1.54. The van der Waals surface area contributed by atoms with Gasteiger partial charge in [-0.1, -0.05) is 12.1 Å². The number of thiophene rings is 1. The van der Waals surface area contributed by atoms with Crippen LogP contribution in [0.1, 0.15) is 9.67 Å². The van der Waals surface area contributed by atoms with E-state index in [0.717, 1.165) is 15.5 Å². The van der Waals surface area contributed by atoms with Gasteiger partial charge in [-0.3, -0.25) is 9.59 Å². The molecule has 1 aliphatic heterocycles. The number of benzene rings is 1. The zero-order valence-corrected chi connectivity index (χ0v) is 13.7. The summed E-state index contributed by atoms with van der Waals surface area (Å²) in [5.74, 6) is -0.126. The van der Waals surface area contributed by atoms with Gasteiger partial charge in [-0.05, 0) is 35.9 Å². The molecule has 0 spiro atoms. The molecular formula is C16H16N2O2S2. The molecule has 4 nitrogen and oxygen atoms in total. The smallest absolute Gasteiger partial charge is 0.263 e. The summed E-state index contributed by atoms with van der Waals surface area (Å²) < 4.78 is 0. The van der Waals surface area contributed by atoms with Crippen molar-refractivity contribution in [1.29, 1.82) is 0 Å². The van der Waals surface area contributed by atoms with E-state index in [1.165, 1.54) is 11.3 Å². The Morgan fingerprint density at radius 1 is 1.27 bits per heavy atom. The van der Waals surface area contributed by atoms with Crippen molar-refractivity contribution in [2.45, 2.75) is 4.90 Å². The number of hydrogen-bond acceptors (Lipinski definition) is 4. The number of anilines is 1. The third-order valence-corrected chi connectivity index (χ3v) is 5.19. The van der Waals surface area contributed by atoms with E-state index in [9.17, 15) is 9.59 Å². The Labute approximate surface area is 137 Å². The highest BCUT2D eigenvalue weighted by molar-refractivity contribution is 7.98. The largest absolute Gasteiger partial charge is 0.336 e. The molecule has 22 heavy (non-hydrogen) atoms. The lowest BCUT2D eigenvalue weighted by molar-refractivity contribution is -0.123. The Bertz CT molecular complexity index is 679. The minimum atomic E-state index is -0.123. The van der Waals surface area contributed by atoms with Crippen LogP contribution in [0.2, 0.25) is 0 Å². The minimum Gasteiger partial charge on any atom is -0.336 e. The third-order valence-electron chi connectivity index (χ3n) is 3.61. The molecule has 0 saturated carbocycles. The number of hydrogen-bond donors (Lipinski definition) is 1. The van der Waals surface area contributed by atoms with Gasteiger partial charge in [0.1, 0.15) is 0 Å². The topological polar surface area (TPSA) is 49.4 Å². The highest BCUT2D eigenvalue weighted by atomic mass is 32.2. The van der Waals surface area contributed by atoms with Crippen molar-refractivity contribution in [3.05, 3.63) is 46.7 Å². The number of rotatable bonds is 4. The van der Waals surface area contributed by atoms with Gasteiger partial charge in [-0.25, -0.2) is 0 Å². The third kappa shape index (κ3) is 3.18. The SMILES string of the molecule is CSc1cccc(NC(=O)C2CN(C(=O)c3cccs3)C2)c1. The number of nitrogens with zero attached hydrogens (tertiary/aromatic N) is 1. The molecular weight excluding hydrogens is 316 g/mol. The van der Waals surface area contributed by atoms with Crippen molar-refractivity contribution in [3.8, 4) is 0 Å². The fourth-order valence-electron chi connectivity index (χ4n) is 2.31. The van der Waals surface area contributed by atoms with Crippen LogP contribution in [0.5, 0.6) is 0 Å². The molecule has 2 aromatic rings. The van der Waals surface area contributed by atoms with Gasteiger partial charge < -0.3 is 10.2 Å². The predicted molar refractivity (Wildman–Crippen MR) is 90.6 cm³/mol. The van der Waals surface area contributed by atoms with Gasteiger partial charge in [0.15, 0.2) is 0 Å². The van der Waals surface area contributed by atoms with Gasteiger partial charge in [-0.15, -0.1) is 23.1 Å². The van der Waals surface area contributed by atoms with Crippen molar-refractivity contribution < 1.29 is 9.59 Å². The summed E-state index contributed by atoms with van der Waals surface area (Å²) in [5.41, 5.74) is 0.805. The molecule has 6 heteroatoms. The van der Waals surface area contributed by atoms with Crippen molar-refractivity contribution in [3.63, 3.8) is 0 Å². The van der Waals surface area contributed by atoms with E-state index in [1.807, 2.05) is 48.0 Å². The molecule has 1 aromatic heterocycles. The molecule has 0 atom stereocenters. The molecule has 2 amide bonds. The lowest BCUT2D eigenvalue weighted by atomic mass is 9.98. The first kappa shape index (κ1) is 15.1. The van der Waals surface area contributed by atoms with Gasteiger partial charge in [0.05, 0.1) is 10.8 Å². The molecule has 1 fully saturated rings. The van der Waals surface area contributed by atoms with Gasteiger partial charge in [0.2, 0.25) is 5.91 Å². The monoisotopic (exact) mass is 332 g/mol. The van der Waals surface area contributed by atoms with Gasteiger partial charge in [-0.2, -0.15) is 0 Å². The zero-order valence-electron chi connectivity index (χ0n) is 12.1. The van der Waals surface area contributed by atoms with E-state index >= 15 is 0 Å². The number of thioether (sulfide) groups is 1. The average molecular weight is 332 g/mol. The van der Waals surface area contributed by atoms with E-state index in [1.54, 1.807) is 16.7 Å². The highest BCUT2D eigenvalue weighted by Crippen LogP contribution is 2.24. The standard InChI is InChI=1S/C16H16N2O2S2/c1-21-13-5-2-4-12(8-13)17-15(19)11-9-18(10-11)16(20)14-6-3-7-22-14/h2-8,11H,9-10H2,1H3,(H,17,19). The molecule has 0 bridgehead atoms. The summed E-state index contributed by atoms with van der Waals surface area (Å²) >= 11 is 3.07. The number of nitrogens with one attached hydrogen (secondary N) is 1. The van der Waals surface area contributed by atoms with Crippen molar-refractivity contribution >= 4 is 40.6 Å². The second-order valence-electron chi connectivity index (χ2n) is 5.11. The van der Waals surface area contributed by atoms with Crippen LogP contribution in [0.4, 0.5) is 5.69 Å². The number of carbonyl (C=O) groups excluding carboxylic acids is 2. The molecule has 114 valence electrons.